The summed E-state index contributed by atoms with van der Waals surface area (Å²) in [6, 6.07) is 3.67. The first-order valence-electron chi connectivity index (χ1n) is 4.61. The molecule has 1 rings (SSSR count). The Morgan fingerprint density at radius 1 is 1.69 bits per heavy atom. The number of carbonyl (C=O) groups is 1. The van der Waals surface area contributed by atoms with Crippen LogP contribution >= 0.6 is 0 Å². The molecule has 0 radical (unpaired) electrons. The molecule has 1 aromatic heterocycles. The van der Waals surface area contributed by atoms with Gasteiger partial charge < -0.3 is 10.3 Å². The van der Waals surface area contributed by atoms with Gasteiger partial charge in [-0.3, -0.25) is 4.79 Å². The molecule has 0 aromatic carbocycles. The molecule has 72 valence electrons. The highest BCUT2D eigenvalue weighted by molar-refractivity contribution is 5.96. The number of rotatable bonds is 5. The minimum absolute atomic E-state index is 0.0867. The summed E-state index contributed by atoms with van der Waals surface area (Å²) in [6.45, 7) is 2.78. The highest BCUT2D eigenvalue weighted by Gasteiger charge is 2.17. The Kier molecular flexibility index (Phi) is 3.71. The maximum atomic E-state index is 11.8. The maximum Gasteiger partial charge on any atom is 0.183 e. The Hall–Kier alpha value is -1.09. The van der Waals surface area contributed by atoms with Gasteiger partial charge >= 0.3 is 0 Å². The molecule has 0 aliphatic heterocycles. The van der Waals surface area contributed by atoms with Crippen LogP contribution in [0.4, 0.5) is 0 Å². The second kappa shape index (κ2) is 4.82. The predicted molar refractivity (Wildman–Crippen MR) is 52.8 cm³/mol. The molecular weight excluding hydrogens is 164 g/mol. The van der Waals surface area contributed by atoms with Crippen molar-refractivity contribution in [2.75, 3.05) is 13.6 Å². The molecule has 3 heteroatoms. The number of Topliss-reactive ketones (excluding diaryl/α,β-unsaturated/α-hetero) is 1. The Morgan fingerprint density at radius 3 is 2.92 bits per heavy atom. The summed E-state index contributed by atoms with van der Waals surface area (Å²) < 4.78 is 0. The topological polar surface area (TPSA) is 44.9 Å². The summed E-state index contributed by atoms with van der Waals surface area (Å²) in [5.74, 6) is 0.283. The summed E-state index contributed by atoms with van der Waals surface area (Å²) in [4.78, 5) is 14.7. The fourth-order valence-corrected chi connectivity index (χ4v) is 1.37. The lowest BCUT2D eigenvalue weighted by Crippen LogP contribution is -2.25. The van der Waals surface area contributed by atoms with Gasteiger partial charge in [0.25, 0.3) is 0 Å². The predicted octanol–water partition coefficient (Wildman–Crippen LogP) is 1.44. The van der Waals surface area contributed by atoms with Crippen LogP contribution in [0.25, 0.3) is 0 Å². The van der Waals surface area contributed by atoms with E-state index in [1.807, 2.05) is 26.1 Å². The van der Waals surface area contributed by atoms with Gasteiger partial charge in [-0.2, -0.15) is 0 Å². The Balaban J connectivity index is 2.65. The van der Waals surface area contributed by atoms with Gasteiger partial charge in [0, 0.05) is 18.7 Å². The first-order chi connectivity index (χ1) is 6.29. The van der Waals surface area contributed by atoms with Gasteiger partial charge in [-0.25, -0.2) is 0 Å². The molecule has 0 saturated carbocycles. The van der Waals surface area contributed by atoms with Crippen LogP contribution in [-0.4, -0.2) is 24.4 Å². The number of carbonyl (C=O) groups excluding carboxylic acids is 1. The van der Waals surface area contributed by atoms with Crippen molar-refractivity contribution in [1.82, 2.24) is 10.3 Å². The summed E-state index contributed by atoms with van der Waals surface area (Å²) >= 11 is 0. The van der Waals surface area contributed by atoms with E-state index in [1.165, 1.54) is 0 Å². The van der Waals surface area contributed by atoms with Crippen LogP contribution in [0.2, 0.25) is 0 Å². The van der Waals surface area contributed by atoms with Crippen molar-refractivity contribution in [2.24, 2.45) is 5.92 Å². The average Bonchev–Trinajstić information content (AvgIpc) is 2.65. The minimum Gasteiger partial charge on any atom is -0.359 e. The van der Waals surface area contributed by atoms with E-state index in [4.69, 9.17) is 0 Å². The number of hydrogen-bond acceptors (Lipinski definition) is 2. The largest absolute Gasteiger partial charge is 0.359 e. The number of aromatic nitrogens is 1. The first-order valence-corrected chi connectivity index (χ1v) is 4.61. The molecule has 0 spiro atoms. The van der Waals surface area contributed by atoms with E-state index in [0.29, 0.717) is 5.69 Å². The number of hydrogen-bond donors (Lipinski definition) is 2. The number of H-pyrrole nitrogens is 1. The van der Waals surface area contributed by atoms with E-state index in [2.05, 4.69) is 10.3 Å². The van der Waals surface area contributed by atoms with Crippen molar-refractivity contribution in [3.63, 3.8) is 0 Å². The van der Waals surface area contributed by atoms with Gasteiger partial charge in [0.1, 0.15) is 0 Å². The first kappa shape index (κ1) is 9.99. The van der Waals surface area contributed by atoms with Crippen LogP contribution in [0.15, 0.2) is 18.3 Å². The van der Waals surface area contributed by atoms with Crippen LogP contribution in [0.5, 0.6) is 0 Å². The van der Waals surface area contributed by atoms with Gasteiger partial charge in [-0.05, 0) is 25.6 Å². The monoisotopic (exact) mass is 180 g/mol. The molecule has 1 unspecified atom stereocenters. The molecule has 2 N–H and O–H groups in total. The third-order valence-corrected chi connectivity index (χ3v) is 2.18. The number of aromatic amines is 1. The standard InChI is InChI=1S/C10H16N2O/c1-3-8(7-11-2)10(13)9-5-4-6-12-9/h4-6,8,11-12H,3,7H2,1-2H3. The molecule has 13 heavy (non-hydrogen) atoms. The quantitative estimate of drug-likeness (QED) is 0.673. The lowest BCUT2D eigenvalue weighted by molar-refractivity contribution is 0.0912. The van der Waals surface area contributed by atoms with Crippen molar-refractivity contribution in [3.8, 4) is 0 Å². The fraction of sp³-hybridized carbons (Fsp3) is 0.500. The third-order valence-electron chi connectivity index (χ3n) is 2.18. The highest BCUT2D eigenvalue weighted by atomic mass is 16.1. The highest BCUT2D eigenvalue weighted by Crippen LogP contribution is 2.09. The Labute approximate surface area is 78.5 Å². The van der Waals surface area contributed by atoms with Crippen LogP contribution in [-0.2, 0) is 0 Å². The van der Waals surface area contributed by atoms with E-state index in [1.54, 1.807) is 6.20 Å². The van der Waals surface area contributed by atoms with E-state index < -0.39 is 0 Å². The van der Waals surface area contributed by atoms with Crippen LogP contribution < -0.4 is 5.32 Å². The van der Waals surface area contributed by atoms with Gasteiger partial charge in [0.05, 0.1) is 5.69 Å². The van der Waals surface area contributed by atoms with Crippen LogP contribution in [0, 0.1) is 5.92 Å². The molecule has 1 heterocycles. The van der Waals surface area contributed by atoms with E-state index in [0.717, 1.165) is 13.0 Å². The molecule has 0 fully saturated rings. The lowest BCUT2D eigenvalue weighted by Gasteiger charge is -2.11. The summed E-state index contributed by atoms with van der Waals surface area (Å²) in [7, 11) is 1.87. The second-order valence-electron chi connectivity index (χ2n) is 3.11. The lowest BCUT2D eigenvalue weighted by atomic mass is 9.99. The zero-order chi connectivity index (χ0) is 9.68. The Morgan fingerprint density at radius 2 is 2.46 bits per heavy atom. The van der Waals surface area contributed by atoms with Crippen molar-refractivity contribution < 1.29 is 4.79 Å². The summed E-state index contributed by atoms with van der Waals surface area (Å²) in [5, 5.41) is 3.03. The SMILES string of the molecule is CCC(CNC)C(=O)c1ccc[nH]1. The molecular formula is C10H16N2O. The summed E-state index contributed by atoms with van der Waals surface area (Å²) in [5.41, 5.74) is 0.710. The molecule has 0 aliphatic rings. The molecule has 0 bridgehead atoms. The van der Waals surface area contributed by atoms with Crippen LogP contribution in [0.3, 0.4) is 0 Å². The average molecular weight is 180 g/mol. The van der Waals surface area contributed by atoms with Gasteiger partial charge in [0.15, 0.2) is 5.78 Å². The third kappa shape index (κ3) is 2.42. The normalized spacial score (nSPS) is 12.8. The van der Waals surface area contributed by atoms with Gasteiger partial charge in [-0.1, -0.05) is 6.92 Å². The number of nitrogens with one attached hydrogen (secondary N) is 2. The number of ketones is 1. The maximum absolute atomic E-state index is 11.8. The van der Waals surface area contributed by atoms with Crippen LogP contribution in [0.1, 0.15) is 23.8 Å². The molecule has 0 amide bonds. The Bertz CT molecular complexity index is 254. The summed E-state index contributed by atoms with van der Waals surface area (Å²) in [6.07, 6.45) is 2.65. The van der Waals surface area contributed by atoms with Crippen molar-refractivity contribution in [1.29, 1.82) is 0 Å². The minimum atomic E-state index is 0.0867. The van der Waals surface area contributed by atoms with Crippen molar-refractivity contribution >= 4 is 5.78 Å². The van der Waals surface area contributed by atoms with Gasteiger partial charge in [-0.15, -0.1) is 0 Å². The second-order valence-corrected chi connectivity index (χ2v) is 3.11. The van der Waals surface area contributed by atoms with E-state index in [-0.39, 0.29) is 11.7 Å². The molecule has 1 atom stereocenters. The molecule has 1 aromatic rings. The smallest absolute Gasteiger partial charge is 0.183 e. The molecule has 0 saturated heterocycles. The zero-order valence-corrected chi connectivity index (χ0v) is 8.13. The molecule has 3 nitrogen and oxygen atoms in total. The van der Waals surface area contributed by atoms with Crippen molar-refractivity contribution in [3.05, 3.63) is 24.0 Å². The van der Waals surface area contributed by atoms with Crippen molar-refractivity contribution in [2.45, 2.75) is 13.3 Å². The van der Waals surface area contributed by atoms with E-state index >= 15 is 0 Å². The zero-order valence-electron chi connectivity index (χ0n) is 8.13. The fourth-order valence-electron chi connectivity index (χ4n) is 1.37. The van der Waals surface area contributed by atoms with Gasteiger partial charge in [0.2, 0.25) is 0 Å². The molecule has 0 aliphatic carbocycles. The van der Waals surface area contributed by atoms with E-state index in [9.17, 15) is 4.79 Å².